The summed E-state index contributed by atoms with van der Waals surface area (Å²) in [5.74, 6) is 0.165. The van der Waals surface area contributed by atoms with Crippen LogP contribution in [0.1, 0.15) is 5.82 Å². The summed E-state index contributed by atoms with van der Waals surface area (Å²) in [4.78, 5) is 9.91. The largest absolute Gasteiger partial charge is 0.404 e. The minimum atomic E-state index is -0.573. The van der Waals surface area contributed by atoms with E-state index in [0.717, 1.165) is 0 Å². The molecule has 0 aliphatic carbocycles. The number of aromatic nitrogens is 6. The fourth-order valence-corrected chi connectivity index (χ4v) is 1.45. The Kier molecular flexibility index (Phi) is 2.41. The Balaban J connectivity index is 2.23. The molecule has 0 amide bonds. The van der Waals surface area contributed by atoms with Crippen LogP contribution in [-0.2, 0) is 6.54 Å². The van der Waals surface area contributed by atoms with Gasteiger partial charge in [-0.3, -0.25) is 0 Å². The summed E-state index contributed by atoms with van der Waals surface area (Å²) in [6, 6.07) is 0. The van der Waals surface area contributed by atoms with Crippen LogP contribution in [0.3, 0.4) is 0 Å². The smallest absolute Gasteiger partial charge is 0.358 e. The van der Waals surface area contributed by atoms with Gasteiger partial charge in [0.15, 0.2) is 5.82 Å². The minimum absolute atomic E-state index is 0.225. The number of aromatic amines is 1. The van der Waals surface area contributed by atoms with Crippen LogP contribution in [0.15, 0.2) is 10.7 Å². The second-order valence-electron chi connectivity index (χ2n) is 2.58. The second-order valence-corrected chi connectivity index (χ2v) is 3.44. The van der Waals surface area contributed by atoms with Crippen molar-refractivity contribution in [1.29, 1.82) is 0 Å². The molecule has 0 aromatic carbocycles. The molecular weight excluding hydrogens is 270 g/mol. The number of H-pyrrole nitrogens is 1. The van der Waals surface area contributed by atoms with E-state index in [1.54, 1.807) is 0 Å². The van der Waals surface area contributed by atoms with Gasteiger partial charge in [0.2, 0.25) is 0 Å². The summed E-state index contributed by atoms with van der Waals surface area (Å²) < 4.78 is 1.67. The maximum absolute atomic E-state index is 10.5. The summed E-state index contributed by atoms with van der Waals surface area (Å²) in [6.07, 6.45) is 1.48. The molecule has 9 nitrogen and oxygen atoms in total. The number of hydrogen-bond acceptors (Lipinski definition) is 6. The van der Waals surface area contributed by atoms with Gasteiger partial charge in [0.1, 0.15) is 11.0 Å². The molecule has 0 aliphatic rings. The number of halogens is 1. The Labute approximate surface area is 90.8 Å². The van der Waals surface area contributed by atoms with Crippen LogP contribution >= 0.6 is 15.9 Å². The molecule has 1 N–H and O–H groups in total. The fraction of sp³-hybridized carbons (Fsp3) is 0.200. The van der Waals surface area contributed by atoms with E-state index >= 15 is 0 Å². The van der Waals surface area contributed by atoms with Crippen molar-refractivity contribution in [3.63, 3.8) is 0 Å². The minimum Gasteiger partial charge on any atom is -0.358 e. The lowest BCUT2D eigenvalue weighted by Crippen LogP contribution is -2.02. The van der Waals surface area contributed by atoms with Crippen molar-refractivity contribution in [2.75, 3.05) is 0 Å². The summed E-state index contributed by atoms with van der Waals surface area (Å²) in [5.41, 5.74) is 0. The second kappa shape index (κ2) is 3.73. The molecule has 0 saturated carbocycles. The van der Waals surface area contributed by atoms with Gasteiger partial charge >= 0.3 is 5.82 Å². The predicted molar refractivity (Wildman–Crippen MR) is 49.9 cm³/mol. The van der Waals surface area contributed by atoms with Crippen LogP contribution < -0.4 is 0 Å². The van der Waals surface area contributed by atoms with Gasteiger partial charge in [-0.25, -0.2) is 0 Å². The van der Waals surface area contributed by atoms with Crippen LogP contribution in [0.5, 0.6) is 0 Å². The van der Waals surface area contributed by atoms with Crippen molar-refractivity contribution in [3.8, 4) is 0 Å². The molecule has 2 aromatic rings. The highest BCUT2D eigenvalue weighted by Crippen LogP contribution is 2.21. The monoisotopic (exact) mass is 273 g/mol. The summed E-state index contributed by atoms with van der Waals surface area (Å²) >= 11 is 3.03. The number of tetrazole rings is 1. The molecule has 78 valence electrons. The Morgan fingerprint density at radius 3 is 3.00 bits per heavy atom. The highest BCUT2D eigenvalue weighted by Gasteiger charge is 2.19. The Morgan fingerprint density at radius 1 is 1.67 bits per heavy atom. The first kappa shape index (κ1) is 9.71. The zero-order valence-electron chi connectivity index (χ0n) is 7.16. The van der Waals surface area contributed by atoms with Crippen molar-refractivity contribution in [2.45, 2.75) is 6.54 Å². The molecule has 0 radical (unpaired) electrons. The molecule has 0 atom stereocenters. The molecule has 0 saturated heterocycles. The molecule has 15 heavy (non-hydrogen) atoms. The summed E-state index contributed by atoms with van der Waals surface area (Å²) in [5, 5.41) is 27.3. The first-order chi connectivity index (χ1) is 7.16. The first-order valence-electron chi connectivity index (χ1n) is 3.76. The third-order valence-electron chi connectivity index (χ3n) is 1.56. The van der Waals surface area contributed by atoms with Crippen LogP contribution in [-0.4, -0.2) is 35.3 Å². The van der Waals surface area contributed by atoms with Gasteiger partial charge in [0.25, 0.3) is 0 Å². The molecule has 10 heteroatoms. The number of nitrogens with zero attached hydrogens (tertiary/aromatic N) is 6. The first-order valence-corrected chi connectivity index (χ1v) is 4.56. The SMILES string of the molecule is O=[N+]([O-])c1nn(Cc2nn[nH]n2)cc1Br. The molecule has 0 aliphatic heterocycles. The van der Waals surface area contributed by atoms with Crippen molar-refractivity contribution in [1.82, 2.24) is 30.4 Å². The third-order valence-corrected chi connectivity index (χ3v) is 2.12. The van der Waals surface area contributed by atoms with E-state index in [4.69, 9.17) is 0 Å². The van der Waals surface area contributed by atoms with E-state index in [1.165, 1.54) is 10.9 Å². The molecule has 2 heterocycles. The number of hydrogen-bond donors (Lipinski definition) is 1. The van der Waals surface area contributed by atoms with Gasteiger partial charge < -0.3 is 10.1 Å². The van der Waals surface area contributed by atoms with E-state index in [2.05, 4.69) is 41.7 Å². The average Bonchev–Trinajstić information content (AvgIpc) is 2.75. The van der Waals surface area contributed by atoms with E-state index < -0.39 is 4.92 Å². The Bertz CT molecular complexity index is 478. The molecule has 0 bridgehead atoms. The molecule has 2 rings (SSSR count). The maximum atomic E-state index is 10.5. The van der Waals surface area contributed by atoms with E-state index in [-0.39, 0.29) is 12.4 Å². The molecule has 0 spiro atoms. The highest BCUT2D eigenvalue weighted by molar-refractivity contribution is 9.10. The summed E-state index contributed by atoms with van der Waals surface area (Å²) in [6.45, 7) is 0.225. The lowest BCUT2D eigenvalue weighted by Gasteiger charge is -1.88. The lowest BCUT2D eigenvalue weighted by molar-refractivity contribution is -0.390. The zero-order chi connectivity index (χ0) is 10.8. The van der Waals surface area contributed by atoms with Crippen LogP contribution in [0, 0.1) is 10.1 Å². The van der Waals surface area contributed by atoms with Gasteiger partial charge in [-0.05, 0) is 20.9 Å². The van der Waals surface area contributed by atoms with Gasteiger partial charge in [-0.2, -0.15) is 9.90 Å². The van der Waals surface area contributed by atoms with E-state index in [1.807, 2.05) is 0 Å². The van der Waals surface area contributed by atoms with Crippen LogP contribution in [0.2, 0.25) is 0 Å². The van der Waals surface area contributed by atoms with E-state index in [0.29, 0.717) is 10.3 Å². The Morgan fingerprint density at radius 2 is 2.47 bits per heavy atom. The maximum Gasteiger partial charge on any atom is 0.404 e. The highest BCUT2D eigenvalue weighted by atomic mass is 79.9. The van der Waals surface area contributed by atoms with Gasteiger partial charge in [0, 0.05) is 0 Å². The van der Waals surface area contributed by atoms with Crippen molar-refractivity contribution >= 4 is 21.7 Å². The normalized spacial score (nSPS) is 10.5. The van der Waals surface area contributed by atoms with E-state index in [9.17, 15) is 10.1 Å². The van der Waals surface area contributed by atoms with Crippen molar-refractivity contribution in [3.05, 3.63) is 26.6 Å². The van der Waals surface area contributed by atoms with Crippen LogP contribution in [0.25, 0.3) is 0 Å². The quantitative estimate of drug-likeness (QED) is 0.627. The topological polar surface area (TPSA) is 115 Å². The molecule has 0 unspecified atom stereocenters. The lowest BCUT2D eigenvalue weighted by atomic mass is 10.6. The summed E-state index contributed by atoms with van der Waals surface area (Å²) in [7, 11) is 0. The fourth-order valence-electron chi connectivity index (χ4n) is 0.986. The zero-order valence-corrected chi connectivity index (χ0v) is 8.75. The number of nitro groups is 1. The van der Waals surface area contributed by atoms with Crippen LogP contribution in [0.4, 0.5) is 5.82 Å². The molecule has 0 fully saturated rings. The molecule has 2 aromatic heterocycles. The molecular formula is C5H4BrN7O2. The number of rotatable bonds is 3. The van der Waals surface area contributed by atoms with Gasteiger partial charge in [0.05, 0.1) is 11.3 Å². The number of nitrogens with one attached hydrogen (secondary N) is 1. The average molecular weight is 274 g/mol. The Hall–Kier alpha value is -1.84. The predicted octanol–water partition coefficient (Wildman–Crippen LogP) is 0.115. The van der Waals surface area contributed by atoms with Crippen molar-refractivity contribution < 1.29 is 4.92 Å². The third kappa shape index (κ3) is 1.98. The van der Waals surface area contributed by atoms with Crippen molar-refractivity contribution in [2.24, 2.45) is 0 Å². The van der Waals surface area contributed by atoms with Gasteiger partial charge in [-0.1, -0.05) is 5.21 Å². The standard InChI is InChI=1S/C5H4BrN7O2/c6-3-1-12(9-5(3)13(14)15)2-4-7-10-11-8-4/h1H,2H2,(H,7,8,10,11). The van der Waals surface area contributed by atoms with Gasteiger partial charge in [-0.15, -0.1) is 10.2 Å².